The van der Waals surface area contributed by atoms with Crippen molar-refractivity contribution in [1.82, 2.24) is 4.90 Å². The van der Waals surface area contributed by atoms with Crippen LogP contribution in [0.2, 0.25) is 0 Å². The minimum atomic E-state index is -0.734. The van der Waals surface area contributed by atoms with Crippen molar-refractivity contribution in [2.24, 2.45) is 0 Å². The minimum absolute atomic E-state index is 0.0755. The summed E-state index contributed by atoms with van der Waals surface area (Å²) in [5, 5.41) is 11.5. The van der Waals surface area contributed by atoms with Gasteiger partial charge in [-0.1, -0.05) is 29.3 Å². The molecular formula is C13H16BrFN2O3. The molecule has 110 valence electrons. The Hall–Kier alpha value is -1.50. The molecule has 0 saturated heterocycles. The van der Waals surface area contributed by atoms with Gasteiger partial charge in [0.05, 0.1) is 11.0 Å². The van der Waals surface area contributed by atoms with Gasteiger partial charge in [0.25, 0.3) is 11.6 Å². The Morgan fingerprint density at radius 3 is 2.70 bits per heavy atom. The van der Waals surface area contributed by atoms with Gasteiger partial charge in [0.2, 0.25) is 0 Å². The Kier molecular flexibility index (Phi) is 6.57. The first kappa shape index (κ1) is 16.6. The van der Waals surface area contributed by atoms with Crippen molar-refractivity contribution in [2.75, 3.05) is 18.4 Å². The molecule has 0 aliphatic carbocycles. The highest BCUT2D eigenvalue weighted by Gasteiger charge is 2.24. The predicted octanol–water partition coefficient (Wildman–Crippen LogP) is 3.37. The topological polar surface area (TPSA) is 63.5 Å². The summed E-state index contributed by atoms with van der Waals surface area (Å²) >= 11 is 3.25. The number of nitro benzene ring substituents is 1. The van der Waals surface area contributed by atoms with Crippen LogP contribution in [0.1, 0.15) is 30.1 Å². The lowest BCUT2D eigenvalue weighted by Crippen LogP contribution is -2.34. The molecule has 1 rings (SSSR count). The number of carbonyl (C=O) groups is 1. The van der Waals surface area contributed by atoms with E-state index in [0.717, 1.165) is 25.0 Å². The van der Waals surface area contributed by atoms with Gasteiger partial charge >= 0.3 is 0 Å². The maximum atomic E-state index is 13.1. The third-order valence-corrected chi connectivity index (χ3v) is 3.16. The highest BCUT2D eigenvalue weighted by Crippen LogP contribution is 2.21. The van der Waals surface area contributed by atoms with Crippen molar-refractivity contribution < 1.29 is 14.1 Å². The van der Waals surface area contributed by atoms with Crippen LogP contribution in [0.5, 0.6) is 0 Å². The summed E-state index contributed by atoms with van der Waals surface area (Å²) < 4.78 is 13.1. The Labute approximate surface area is 125 Å². The normalized spacial score (nSPS) is 10.3. The van der Waals surface area contributed by atoms with E-state index in [1.54, 1.807) is 4.90 Å². The van der Waals surface area contributed by atoms with Gasteiger partial charge in [-0.3, -0.25) is 14.9 Å². The van der Waals surface area contributed by atoms with E-state index in [4.69, 9.17) is 0 Å². The van der Waals surface area contributed by atoms with E-state index in [1.807, 2.05) is 6.92 Å². The SMILES string of the molecule is CCCCN(CCBr)C(=O)c1ccc(F)cc1[N+](=O)[O-]. The molecule has 5 nitrogen and oxygen atoms in total. The molecule has 20 heavy (non-hydrogen) atoms. The summed E-state index contributed by atoms with van der Waals surface area (Å²) in [7, 11) is 0. The van der Waals surface area contributed by atoms with Crippen LogP contribution in [0.3, 0.4) is 0 Å². The zero-order valence-corrected chi connectivity index (χ0v) is 12.7. The van der Waals surface area contributed by atoms with Crippen molar-refractivity contribution in [2.45, 2.75) is 19.8 Å². The largest absolute Gasteiger partial charge is 0.338 e. The minimum Gasteiger partial charge on any atom is -0.338 e. The van der Waals surface area contributed by atoms with E-state index in [2.05, 4.69) is 15.9 Å². The summed E-state index contributed by atoms with van der Waals surface area (Å²) in [5.41, 5.74) is -0.570. The van der Waals surface area contributed by atoms with Gasteiger partial charge in [-0.2, -0.15) is 0 Å². The number of unbranched alkanes of at least 4 members (excludes halogenated alkanes) is 1. The first-order chi connectivity index (χ1) is 9.51. The van der Waals surface area contributed by atoms with Gasteiger partial charge in [0, 0.05) is 18.4 Å². The van der Waals surface area contributed by atoms with Crippen LogP contribution in [-0.4, -0.2) is 34.2 Å². The number of alkyl halides is 1. The summed E-state index contributed by atoms with van der Waals surface area (Å²) in [6.07, 6.45) is 1.73. The number of carbonyl (C=O) groups excluding carboxylic acids is 1. The number of nitrogens with zero attached hydrogens (tertiary/aromatic N) is 2. The average molecular weight is 347 g/mol. The Morgan fingerprint density at radius 1 is 1.45 bits per heavy atom. The standard InChI is InChI=1S/C13H16BrFN2O3/c1-2-3-7-16(8-6-14)13(18)11-5-4-10(15)9-12(11)17(19)20/h4-5,9H,2-3,6-8H2,1H3. The zero-order valence-electron chi connectivity index (χ0n) is 11.1. The molecule has 1 aromatic carbocycles. The molecule has 1 amide bonds. The molecule has 0 radical (unpaired) electrons. The number of hydrogen-bond donors (Lipinski definition) is 0. The number of halogens is 2. The first-order valence-corrected chi connectivity index (χ1v) is 7.42. The summed E-state index contributed by atoms with van der Waals surface area (Å²) in [6, 6.07) is 3.01. The molecule has 0 bridgehead atoms. The number of hydrogen-bond acceptors (Lipinski definition) is 3. The number of nitro groups is 1. The van der Waals surface area contributed by atoms with Crippen LogP contribution in [0, 0.1) is 15.9 Å². The second-order valence-electron chi connectivity index (χ2n) is 4.25. The fourth-order valence-electron chi connectivity index (χ4n) is 1.77. The van der Waals surface area contributed by atoms with Crippen molar-refractivity contribution in [1.29, 1.82) is 0 Å². The monoisotopic (exact) mass is 346 g/mol. The molecule has 7 heteroatoms. The van der Waals surface area contributed by atoms with E-state index in [1.165, 1.54) is 6.07 Å². The Morgan fingerprint density at radius 2 is 2.15 bits per heavy atom. The molecule has 0 spiro atoms. The summed E-state index contributed by atoms with van der Waals surface area (Å²) in [5.74, 6) is -1.17. The first-order valence-electron chi connectivity index (χ1n) is 6.30. The molecule has 0 aliphatic heterocycles. The maximum Gasteiger partial charge on any atom is 0.285 e. The molecular weight excluding hydrogens is 331 g/mol. The van der Waals surface area contributed by atoms with Gasteiger partial charge in [-0.15, -0.1) is 0 Å². The Bertz CT molecular complexity index is 497. The lowest BCUT2D eigenvalue weighted by molar-refractivity contribution is -0.385. The fraction of sp³-hybridized carbons (Fsp3) is 0.462. The Balaban J connectivity index is 3.07. The fourth-order valence-corrected chi connectivity index (χ4v) is 2.20. The van der Waals surface area contributed by atoms with E-state index < -0.39 is 22.3 Å². The molecule has 0 aliphatic rings. The quantitative estimate of drug-likeness (QED) is 0.432. The van der Waals surface area contributed by atoms with Crippen LogP contribution < -0.4 is 0 Å². The van der Waals surface area contributed by atoms with Crippen LogP contribution in [0.15, 0.2) is 18.2 Å². The highest BCUT2D eigenvalue weighted by atomic mass is 79.9. The number of rotatable bonds is 7. The average Bonchev–Trinajstić information content (AvgIpc) is 2.42. The van der Waals surface area contributed by atoms with Crippen molar-refractivity contribution in [3.63, 3.8) is 0 Å². The number of benzene rings is 1. The molecule has 1 aromatic rings. The van der Waals surface area contributed by atoms with Crippen LogP contribution in [0.4, 0.5) is 10.1 Å². The molecule has 0 N–H and O–H groups in total. The lowest BCUT2D eigenvalue weighted by Gasteiger charge is -2.21. The van der Waals surface area contributed by atoms with Gasteiger partial charge < -0.3 is 4.90 Å². The number of amides is 1. The maximum absolute atomic E-state index is 13.1. The molecule has 0 saturated carbocycles. The highest BCUT2D eigenvalue weighted by molar-refractivity contribution is 9.09. The van der Waals surface area contributed by atoms with Gasteiger partial charge in [-0.25, -0.2) is 4.39 Å². The molecule has 0 unspecified atom stereocenters. The third-order valence-electron chi connectivity index (χ3n) is 2.81. The van der Waals surface area contributed by atoms with Crippen molar-refractivity contribution in [3.8, 4) is 0 Å². The molecule has 0 heterocycles. The van der Waals surface area contributed by atoms with Crippen LogP contribution >= 0.6 is 15.9 Å². The molecule has 0 fully saturated rings. The summed E-state index contributed by atoms with van der Waals surface area (Å²) in [4.78, 5) is 24.1. The van der Waals surface area contributed by atoms with Crippen LogP contribution in [-0.2, 0) is 0 Å². The van der Waals surface area contributed by atoms with Crippen molar-refractivity contribution in [3.05, 3.63) is 39.7 Å². The smallest absolute Gasteiger partial charge is 0.285 e. The van der Waals surface area contributed by atoms with Gasteiger partial charge in [0.1, 0.15) is 11.4 Å². The van der Waals surface area contributed by atoms with Gasteiger partial charge in [-0.05, 0) is 18.6 Å². The van der Waals surface area contributed by atoms with Crippen LogP contribution in [0.25, 0.3) is 0 Å². The van der Waals surface area contributed by atoms with Gasteiger partial charge in [0.15, 0.2) is 0 Å². The zero-order chi connectivity index (χ0) is 15.1. The van der Waals surface area contributed by atoms with E-state index in [0.29, 0.717) is 18.4 Å². The summed E-state index contributed by atoms with van der Waals surface area (Å²) in [6.45, 7) is 2.97. The van der Waals surface area contributed by atoms with Crippen molar-refractivity contribution >= 4 is 27.5 Å². The van der Waals surface area contributed by atoms with E-state index in [9.17, 15) is 19.3 Å². The molecule has 0 atom stereocenters. The lowest BCUT2D eigenvalue weighted by atomic mass is 10.1. The van der Waals surface area contributed by atoms with E-state index in [-0.39, 0.29) is 5.56 Å². The third kappa shape index (κ3) is 4.26. The predicted molar refractivity (Wildman–Crippen MR) is 77.7 cm³/mol. The molecule has 0 aromatic heterocycles. The second-order valence-corrected chi connectivity index (χ2v) is 5.05. The second kappa shape index (κ2) is 7.94. The van der Waals surface area contributed by atoms with E-state index >= 15 is 0 Å².